The topological polar surface area (TPSA) is 28.7 Å². The zero-order chi connectivity index (χ0) is 8.23. The molecule has 1 N–H and O–H groups in total. The van der Waals surface area contributed by atoms with Gasteiger partial charge in [0, 0.05) is 23.5 Å². The van der Waals surface area contributed by atoms with Crippen LogP contribution in [0.15, 0.2) is 30.7 Å². The van der Waals surface area contributed by atoms with Crippen molar-refractivity contribution < 1.29 is 0 Å². The molecule has 0 aromatic carbocycles. The minimum Gasteiger partial charge on any atom is -0.367 e. The minimum absolute atomic E-state index is 1.18. The summed E-state index contributed by atoms with van der Waals surface area (Å²) in [7, 11) is 0. The summed E-state index contributed by atoms with van der Waals surface area (Å²) in [5.74, 6) is 0. The summed E-state index contributed by atoms with van der Waals surface area (Å²) in [5, 5.41) is 0. The van der Waals surface area contributed by atoms with E-state index in [4.69, 9.17) is 0 Å². The van der Waals surface area contributed by atoms with Crippen LogP contribution in [0.2, 0.25) is 0 Å². The highest BCUT2D eigenvalue weighted by atomic mass is 32.1. The molecular formula is C9H8N2S. The minimum atomic E-state index is 1.18. The summed E-state index contributed by atoms with van der Waals surface area (Å²) in [6.45, 7) is 0. The Kier molecular flexibility index (Phi) is 2.05. The fourth-order valence-corrected chi connectivity index (χ4v) is 1.42. The lowest BCUT2D eigenvalue weighted by Gasteiger charge is -1.81. The number of nitrogens with zero attached hydrogens (tertiary/aromatic N) is 1. The van der Waals surface area contributed by atoms with Gasteiger partial charge in [0.25, 0.3) is 0 Å². The first kappa shape index (κ1) is 7.31. The van der Waals surface area contributed by atoms with Gasteiger partial charge in [0.05, 0.1) is 0 Å². The van der Waals surface area contributed by atoms with Crippen LogP contribution in [0.25, 0.3) is 12.2 Å². The van der Waals surface area contributed by atoms with Gasteiger partial charge < -0.3 is 4.98 Å². The molecule has 2 nitrogen and oxygen atoms in total. The van der Waals surface area contributed by atoms with Crippen molar-refractivity contribution in [3.05, 3.63) is 41.2 Å². The molecule has 2 aromatic rings. The van der Waals surface area contributed by atoms with Crippen molar-refractivity contribution in [1.82, 2.24) is 9.36 Å². The van der Waals surface area contributed by atoms with Gasteiger partial charge in [0.1, 0.15) is 0 Å². The quantitative estimate of drug-likeness (QED) is 0.748. The Hall–Kier alpha value is -1.35. The average molecular weight is 176 g/mol. The van der Waals surface area contributed by atoms with E-state index in [1.807, 2.05) is 30.7 Å². The van der Waals surface area contributed by atoms with Crippen LogP contribution >= 0.6 is 11.5 Å². The molecule has 0 aliphatic carbocycles. The third-order valence-electron chi connectivity index (χ3n) is 1.52. The van der Waals surface area contributed by atoms with Gasteiger partial charge >= 0.3 is 0 Å². The van der Waals surface area contributed by atoms with Crippen LogP contribution in [0.5, 0.6) is 0 Å². The van der Waals surface area contributed by atoms with E-state index >= 15 is 0 Å². The van der Waals surface area contributed by atoms with Crippen molar-refractivity contribution in [2.45, 2.75) is 0 Å². The summed E-state index contributed by atoms with van der Waals surface area (Å²) in [6.07, 6.45) is 9.79. The Morgan fingerprint density at radius 2 is 2.33 bits per heavy atom. The molecular weight excluding hydrogens is 168 g/mol. The maximum absolute atomic E-state index is 4.00. The maximum atomic E-state index is 4.00. The van der Waals surface area contributed by atoms with Gasteiger partial charge in [-0.2, -0.15) is 0 Å². The largest absolute Gasteiger partial charge is 0.367 e. The van der Waals surface area contributed by atoms with Gasteiger partial charge in [0.15, 0.2) is 0 Å². The maximum Gasteiger partial charge on any atom is 0.0477 e. The summed E-state index contributed by atoms with van der Waals surface area (Å²) in [6, 6.07) is 4.02. The number of H-pyrrole nitrogens is 1. The molecule has 0 atom stereocenters. The molecule has 12 heavy (non-hydrogen) atoms. The summed E-state index contributed by atoms with van der Waals surface area (Å²) >= 11 is 1.50. The first-order chi connectivity index (χ1) is 5.95. The third-order valence-corrected chi connectivity index (χ3v) is 2.23. The molecule has 3 heteroatoms. The molecule has 0 fully saturated rings. The molecule has 0 aliphatic rings. The molecule has 0 saturated heterocycles. The molecule has 60 valence electrons. The number of nitrogens with one attached hydrogen (secondary N) is 1. The molecule has 0 unspecified atom stereocenters. The highest BCUT2D eigenvalue weighted by Crippen LogP contribution is 2.09. The van der Waals surface area contributed by atoms with Gasteiger partial charge in [-0.3, -0.25) is 0 Å². The number of rotatable bonds is 2. The summed E-state index contributed by atoms with van der Waals surface area (Å²) < 4.78 is 4.00. The Bertz CT molecular complexity index is 310. The van der Waals surface area contributed by atoms with E-state index in [1.54, 1.807) is 0 Å². The van der Waals surface area contributed by atoms with Crippen molar-refractivity contribution in [3.8, 4) is 0 Å². The molecule has 0 spiro atoms. The standard InChI is InChI=1S/C9H8N2S/c1(8-3-5-10-7-8)2-9-4-6-11-12-9/h1-7,10H/b2-1+. The predicted molar refractivity (Wildman–Crippen MR) is 51.8 cm³/mol. The first-order valence-electron chi connectivity index (χ1n) is 3.67. The van der Waals surface area contributed by atoms with Gasteiger partial charge in [-0.05, 0) is 35.3 Å². The second-order valence-corrected chi connectivity index (χ2v) is 3.26. The highest BCUT2D eigenvalue weighted by Gasteiger charge is 1.87. The number of hydrogen-bond donors (Lipinski definition) is 1. The molecule has 2 aromatic heterocycles. The van der Waals surface area contributed by atoms with E-state index < -0.39 is 0 Å². The molecule has 0 saturated carbocycles. The molecule has 0 amide bonds. The van der Waals surface area contributed by atoms with Crippen molar-refractivity contribution in [3.63, 3.8) is 0 Å². The van der Waals surface area contributed by atoms with Crippen LogP contribution in [-0.4, -0.2) is 9.36 Å². The lowest BCUT2D eigenvalue weighted by atomic mass is 10.3. The van der Waals surface area contributed by atoms with Crippen molar-refractivity contribution in [2.75, 3.05) is 0 Å². The second kappa shape index (κ2) is 3.36. The van der Waals surface area contributed by atoms with Crippen LogP contribution in [0.3, 0.4) is 0 Å². The van der Waals surface area contributed by atoms with Crippen molar-refractivity contribution in [1.29, 1.82) is 0 Å². The Morgan fingerprint density at radius 3 is 3.00 bits per heavy atom. The van der Waals surface area contributed by atoms with Gasteiger partial charge in [0.2, 0.25) is 0 Å². The van der Waals surface area contributed by atoms with E-state index in [-0.39, 0.29) is 0 Å². The summed E-state index contributed by atoms with van der Waals surface area (Å²) in [5.41, 5.74) is 1.18. The molecule has 2 rings (SSSR count). The Labute approximate surface area is 74.7 Å². The van der Waals surface area contributed by atoms with E-state index in [9.17, 15) is 0 Å². The third kappa shape index (κ3) is 1.62. The van der Waals surface area contributed by atoms with Crippen LogP contribution in [0, 0.1) is 0 Å². The lowest BCUT2D eigenvalue weighted by molar-refractivity contribution is 1.41. The monoisotopic (exact) mass is 176 g/mol. The Morgan fingerprint density at radius 1 is 1.33 bits per heavy atom. The van der Waals surface area contributed by atoms with E-state index in [1.165, 1.54) is 22.0 Å². The highest BCUT2D eigenvalue weighted by molar-refractivity contribution is 7.06. The van der Waals surface area contributed by atoms with E-state index in [2.05, 4.69) is 21.5 Å². The van der Waals surface area contributed by atoms with Gasteiger partial charge in [-0.1, -0.05) is 6.08 Å². The zero-order valence-electron chi connectivity index (χ0n) is 6.40. The van der Waals surface area contributed by atoms with E-state index in [0.717, 1.165) is 0 Å². The molecule has 0 radical (unpaired) electrons. The SMILES string of the molecule is C(=C\c1ccns1)/c1cc[nH]c1. The van der Waals surface area contributed by atoms with Crippen molar-refractivity contribution >= 4 is 23.7 Å². The van der Waals surface area contributed by atoms with Crippen molar-refractivity contribution in [2.24, 2.45) is 0 Å². The Balaban J connectivity index is 2.14. The molecule has 0 bridgehead atoms. The molecule has 2 heterocycles. The van der Waals surface area contributed by atoms with E-state index in [0.29, 0.717) is 0 Å². The lowest BCUT2D eigenvalue weighted by Crippen LogP contribution is -1.60. The number of aromatic nitrogens is 2. The fraction of sp³-hybridized carbons (Fsp3) is 0. The summed E-state index contributed by atoms with van der Waals surface area (Å²) in [4.78, 5) is 4.17. The van der Waals surface area contributed by atoms with Gasteiger partial charge in [-0.25, -0.2) is 4.37 Å². The predicted octanol–water partition coefficient (Wildman–Crippen LogP) is 2.64. The van der Waals surface area contributed by atoms with Crippen LogP contribution < -0.4 is 0 Å². The van der Waals surface area contributed by atoms with Crippen LogP contribution in [0.1, 0.15) is 10.4 Å². The second-order valence-electron chi connectivity index (χ2n) is 2.39. The normalized spacial score (nSPS) is 11.0. The van der Waals surface area contributed by atoms with Crippen LogP contribution in [0.4, 0.5) is 0 Å². The van der Waals surface area contributed by atoms with Gasteiger partial charge in [-0.15, -0.1) is 0 Å². The fourth-order valence-electron chi connectivity index (χ4n) is 0.930. The smallest absolute Gasteiger partial charge is 0.0477 e. The zero-order valence-corrected chi connectivity index (χ0v) is 7.21. The number of aromatic amines is 1. The molecule has 0 aliphatic heterocycles. The first-order valence-corrected chi connectivity index (χ1v) is 4.44. The van der Waals surface area contributed by atoms with Crippen LogP contribution in [-0.2, 0) is 0 Å². The number of hydrogen-bond acceptors (Lipinski definition) is 2. The average Bonchev–Trinajstić information content (AvgIpc) is 2.74.